The molecule has 60 valence electrons. The van der Waals surface area contributed by atoms with Gasteiger partial charge < -0.3 is 9.84 Å². The van der Waals surface area contributed by atoms with Gasteiger partial charge in [-0.1, -0.05) is 0 Å². The van der Waals surface area contributed by atoms with E-state index in [1.807, 2.05) is 27.7 Å². The van der Waals surface area contributed by atoms with E-state index < -0.39 is 0 Å². The van der Waals surface area contributed by atoms with Crippen molar-refractivity contribution in [3.05, 3.63) is 0 Å². The molecule has 1 N–H and O–H groups in total. The molecule has 0 bridgehead atoms. The van der Waals surface area contributed by atoms with Gasteiger partial charge in [0.05, 0.1) is 17.8 Å². The maximum Gasteiger partial charge on any atom is 0.0711 e. The molecule has 1 heterocycles. The van der Waals surface area contributed by atoms with E-state index in [4.69, 9.17) is 9.84 Å². The molecule has 0 spiro atoms. The van der Waals surface area contributed by atoms with Crippen LogP contribution in [0.2, 0.25) is 0 Å². The molecule has 0 radical (unpaired) electrons. The third kappa shape index (κ3) is 0.956. The van der Waals surface area contributed by atoms with E-state index >= 15 is 0 Å². The summed E-state index contributed by atoms with van der Waals surface area (Å²) in [5.41, 5.74) is -0.253. The minimum Gasteiger partial charge on any atom is -0.396 e. The molecule has 0 saturated carbocycles. The van der Waals surface area contributed by atoms with Crippen molar-refractivity contribution in [3.8, 4) is 0 Å². The average molecular weight is 144 g/mol. The van der Waals surface area contributed by atoms with E-state index in [1.165, 1.54) is 0 Å². The minimum atomic E-state index is -0.127. The van der Waals surface area contributed by atoms with Crippen LogP contribution < -0.4 is 0 Å². The van der Waals surface area contributed by atoms with Crippen molar-refractivity contribution in [3.63, 3.8) is 0 Å². The summed E-state index contributed by atoms with van der Waals surface area (Å²) in [6.07, 6.45) is 0. The Labute approximate surface area is 62.2 Å². The Morgan fingerprint density at radius 2 is 1.60 bits per heavy atom. The summed E-state index contributed by atoms with van der Waals surface area (Å²) < 4.78 is 5.56. The van der Waals surface area contributed by atoms with E-state index in [-0.39, 0.29) is 23.7 Å². The summed E-state index contributed by atoms with van der Waals surface area (Å²) in [7, 11) is 0. The molecule has 0 amide bonds. The smallest absolute Gasteiger partial charge is 0.0711 e. The van der Waals surface area contributed by atoms with Gasteiger partial charge in [0, 0.05) is 5.92 Å². The number of hydrogen-bond acceptors (Lipinski definition) is 2. The van der Waals surface area contributed by atoms with Crippen molar-refractivity contribution >= 4 is 0 Å². The standard InChI is InChI=1S/C8H16O2/c1-7(2)6(5-9)8(3,4)10-7/h6,9H,5H2,1-4H3. The van der Waals surface area contributed by atoms with E-state index in [9.17, 15) is 0 Å². The zero-order chi connectivity index (χ0) is 7.99. The Hall–Kier alpha value is -0.0800. The summed E-state index contributed by atoms with van der Waals surface area (Å²) in [5, 5.41) is 8.98. The molecule has 1 aliphatic rings. The van der Waals surface area contributed by atoms with Gasteiger partial charge >= 0.3 is 0 Å². The minimum absolute atomic E-state index is 0.127. The van der Waals surface area contributed by atoms with Crippen LogP contribution >= 0.6 is 0 Å². The van der Waals surface area contributed by atoms with Crippen LogP contribution in [0.15, 0.2) is 0 Å². The lowest BCUT2D eigenvalue weighted by Gasteiger charge is -2.56. The average Bonchev–Trinajstić information content (AvgIpc) is 1.59. The fourth-order valence-electron chi connectivity index (χ4n) is 2.04. The van der Waals surface area contributed by atoms with Gasteiger partial charge in [0.15, 0.2) is 0 Å². The molecular formula is C8H16O2. The topological polar surface area (TPSA) is 29.5 Å². The SMILES string of the molecule is CC1(C)OC(C)(C)C1CO. The van der Waals surface area contributed by atoms with Gasteiger partial charge in [0.25, 0.3) is 0 Å². The normalized spacial score (nSPS) is 29.7. The Balaban J connectivity index is 2.64. The molecule has 1 fully saturated rings. The Morgan fingerprint density at radius 1 is 1.20 bits per heavy atom. The Kier molecular flexibility index (Phi) is 1.57. The van der Waals surface area contributed by atoms with Gasteiger partial charge in [0.2, 0.25) is 0 Å². The van der Waals surface area contributed by atoms with Crippen molar-refractivity contribution < 1.29 is 9.84 Å². The first-order valence-electron chi connectivity index (χ1n) is 3.71. The van der Waals surface area contributed by atoms with Crippen molar-refractivity contribution in [2.24, 2.45) is 5.92 Å². The van der Waals surface area contributed by atoms with E-state index in [1.54, 1.807) is 0 Å². The van der Waals surface area contributed by atoms with Crippen LogP contribution in [0.4, 0.5) is 0 Å². The molecule has 10 heavy (non-hydrogen) atoms. The summed E-state index contributed by atoms with van der Waals surface area (Å²) in [5.74, 6) is 0.278. The van der Waals surface area contributed by atoms with E-state index in [2.05, 4.69) is 0 Å². The molecule has 0 aromatic carbocycles. The third-order valence-corrected chi connectivity index (χ3v) is 2.39. The van der Waals surface area contributed by atoms with Crippen molar-refractivity contribution in [2.75, 3.05) is 6.61 Å². The predicted octanol–water partition coefficient (Wildman–Crippen LogP) is 1.18. The summed E-state index contributed by atoms with van der Waals surface area (Å²) >= 11 is 0. The quantitative estimate of drug-likeness (QED) is 0.599. The first-order chi connectivity index (χ1) is 4.40. The number of ether oxygens (including phenoxy) is 1. The summed E-state index contributed by atoms with van der Waals surface area (Å²) in [4.78, 5) is 0. The molecule has 1 saturated heterocycles. The molecule has 2 heteroatoms. The van der Waals surface area contributed by atoms with Gasteiger partial charge in [-0.25, -0.2) is 0 Å². The second kappa shape index (κ2) is 1.95. The number of hydrogen-bond donors (Lipinski definition) is 1. The third-order valence-electron chi connectivity index (χ3n) is 2.39. The monoisotopic (exact) mass is 144 g/mol. The molecule has 0 unspecified atom stereocenters. The van der Waals surface area contributed by atoms with Gasteiger partial charge in [-0.2, -0.15) is 0 Å². The van der Waals surface area contributed by atoms with Crippen LogP contribution in [0.3, 0.4) is 0 Å². The molecule has 1 aliphatic heterocycles. The molecule has 2 nitrogen and oxygen atoms in total. The zero-order valence-corrected chi connectivity index (χ0v) is 7.14. The van der Waals surface area contributed by atoms with Crippen LogP contribution in [0.1, 0.15) is 27.7 Å². The van der Waals surface area contributed by atoms with Crippen LogP contribution in [0, 0.1) is 5.92 Å². The number of aliphatic hydroxyl groups excluding tert-OH is 1. The predicted molar refractivity (Wildman–Crippen MR) is 39.8 cm³/mol. The maximum absolute atomic E-state index is 8.98. The highest BCUT2D eigenvalue weighted by molar-refractivity contribution is 5.01. The van der Waals surface area contributed by atoms with Crippen molar-refractivity contribution in [2.45, 2.75) is 38.9 Å². The lowest BCUT2D eigenvalue weighted by Crippen LogP contribution is -2.64. The van der Waals surface area contributed by atoms with E-state index in [0.717, 1.165) is 0 Å². The Morgan fingerprint density at radius 3 is 1.70 bits per heavy atom. The van der Waals surface area contributed by atoms with Gasteiger partial charge in [-0.15, -0.1) is 0 Å². The molecule has 1 rings (SSSR count). The second-order valence-corrected chi connectivity index (χ2v) is 4.04. The van der Waals surface area contributed by atoms with Crippen LogP contribution in [0.25, 0.3) is 0 Å². The van der Waals surface area contributed by atoms with Gasteiger partial charge in [-0.3, -0.25) is 0 Å². The first kappa shape index (κ1) is 8.02. The summed E-state index contributed by atoms with van der Waals surface area (Å²) in [6, 6.07) is 0. The highest BCUT2D eigenvalue weighted by atomic mass is 16.6. The van der Waals surface area contributed by atoms with Crippen LogP contribution in [-0.4, -0.2) is 22.9 Å². The highest BCUT2D eigenvalue weighted by Gasteiger charge is 2.53. The maximum atomic E-state index is 8.98. The first-order valence-corrected chi connectivity index (χ1v) is 3.71. The number of aliphatic hydroxyl groups is 1. The molecule has 0 aliphatic carbocycles. The fraction of sp³-hybridized carbons (Fsp3) is 1.00. The molecular weight excluding hydrogens is 128 g/mol. The lowest BCUT2D eigenvalue weighted by molar-refractivity contribution is -0.301. The van der Waals surface area contributed by atoms with Gasteiger partial charge in [-0.05, 0) is 27.7 Å². The van der Waals surface area contributed by atoms with Crippen LogP contribution in [-0.2, 0) is 4.74 Å². The zero-order valence-electron chi connectivity index (χ0n) is 7.14. The largest absolute Gasteiger partial charge is 0.396 e. The second-order valence-electron chi connectivity index (χ2n) is 4.04. The van der Waals surface area contributed by atoms with E-state index in [0.29, 0.717) is 0 Å². The lowest BCUT2D eigenvalue weighted by atomic mass is 9.72. The number of rotatable bonds is 1. The van der Waals surface area contributed by atoms with Gasteiger partial charge in [0.1, 0.15) is 0 Å². The highest BCUT2D eigenvalue weighted by Crippen LogP contribution is 2.45. The molecule has 0 aromatic rings. The molecule has 0 aromatic heterocycles. The summed E-state index contributed by atoms with van der Waals surface area (Å²) in [6.45, 7) is 8.27. The Bertz CT molecular complexity index is 124. The fourth-order valence-corrected chi connectivity index (χ4v) is 2.04. The van der Waals surface area contributed by atoms with Crippen molar-refractivity contribution in [1.29, 1.82) is 0 Å². The van der Waals surface area contributed by atoms with Crippen LogP contribution in [0.5, 0.6) is 0 Å². The van der Waals surface area contributed by atoms with Crippen molar-refractivity contribution in [1.82, 2.24) is 0 Å². The molecule has 0 atom stereocenters.